The minimum Gasteiger partial charge on any atom is -0.462 e. The molecule has 0 bridgehead atoms. The van der Waals surface area contributed by atoms with Crippen LogP contribution in [0.4, 0.5) is 0 Å². The van der Waals surface area contributed by atoms with Gasteiger partial charge in [0, 0.05) is 19.3 Å². The van der Waals surface area contributed by atoms with Crippen molar-refractivity contribution >= 4 is 17.9 Å². The molecule has 0 radical (unpaired) electrons. The van der Waals surface area contributed by atoms with E-state index in [4.69, 9.17) is 14.2 Å². The fourth-order valence-electron chi connectivity index (χ4n) is 8.95. The summed E-state index contributed by atoms with van der Waals surface area (Å²) in [6.45, 7) is 6.54. The smallest absolute Gasteiger partial charge is 0.306 e. The molecule has 6 heteroatoms. The van der Waals surface area contributed by atoms with E-state index in [1.54, 1.807) is 0 Å². The molecule has 0 aromatic carbocycles. The third kappa shape index (κ3) is 59.6. The molecule has 0 saturated carbocycles. The van der Waals surface area contributed by atoms with Crippen molar-refractivity contribution in [1.82, 2.24) is 0 Å². The summed E-state index contributed by atoms with van der Waals surface area (Å²) in [6, 6.07) is 0. The van der Waals surface area contributed by atoms with E-state index in [-0.39, 0.29) is 31.1 Å². The van der Waals surface area contributed by atoms with Crippen LogP contribution >= 0.6 is 0 Å². The maximum absolute atomic E-state index is 12.9. The van der Waals surface area contributed by atoms with Crippen molar-refractivity contribution in [3.8, 4) is 0 Å². The van der Waals surface area contributed by atoms with Crippen LogP contribution in [-0.4, -0.2) is 37.2 Å². The highest BCUT2D eigenvalue weighted by Gasteiger charge is 2.19. The van der Waals surface area contributed by atoms with Gasteiger partial charge >= 0.3 is 17.9 Å². The molecule has 0 saturated heterocycles. The number of ether oxygens (including phenoxy) is 3. The highest BCUT2D eigenvalue weighted by molar-refractivity contribution is 5.71. The first-order valence-electron chi connectivity index (χ1n) is 31.4. The van der Waals surface area contributed by atoms with E-state index >= 15 is 0 Å². The zero-order chi connectivity index (χ0) is 52.9. The Hall–Kier alpha value is -3.15. The van der Waals surface area contributed by atoms with E-state index < -0.39 is 6.10 Å². The third-order valence-corrected chi connectivity index (χ3v) is 13.7. The summed E-state index contributed by atoms with van der Waals surface area (Å²) in [5.41, 5.74) is 0. The van der Waals surface area contributed by atoms with Gasteiger partial charge in [-0.05, 0) is 109 Å². The van der Waals surface area contributed by atoms with Gasteiger partial charge < -0.3 is 14.2 Å². The quantitative estimate of drug-likeness (QED) is 0.0261. The number of carbonyl (C=O) groups is 3. The van der Waals surface area contributed by atoms with Gasteiger partial charge in [-0.3, -0.25) is 14.4 Å². The first-order chi connectivity index (χ1) is 36.0. The molecule has 0 aliphatic carbocycles. The van der Waals surface area contributed by atoms with Crippen LogP contribution < -0.4 is 0 Å². The molecular weight excluding hydrogens is 901 g/mol. The molecule has 0 spiro atoms. The maximum atomic E-state index is 12.9. The standard InChI is InChI=1S/C67H118O6/c1-4-7-10-13-16-19-22-25-28-31-34-37-39-42-45-48-51-54-57-60-66(69)72-63-64(73-67(70)61-58-55-52-49-46-43-40-36-33-30-27-24-21-18-15-12-9-6-3)62-71-65(68)59-56-53-50-47-44-41-38-35-32-29-26-23-20-17-14-11-8-5-2/h7,10,16,19,25,28-30,32-34,37,64H,4-6,8-9,11-15,17-18,20-24,26-27,31,35-36,38-63H2,1-3H3/b10-7-,19-16-,28-25-,32-29-,33-30-,37-34-. The largest absolute Gasteiger partial charge is 0.462 e. The number of rotatable bonds is 57. The summed E-state index contributed by atoms with van der Waals surface area (Å²) in [6.07, 6.45) is 78.9. The van der Waals surface area contributed by atoms with Crippen LogP contribution in [0.1, 0.15) is 316 Å². The minimum atomic E-state index is -0.787. The summed E-state index contributed by atoms with van der Waals surface area (Å²) >= 11 is 0. The fraction of sp³-hybridized carbons (Fsp3) is 0.776. The molecular formula is C67H118O6. The third-order valence-electron chi connectivity index (χ3n) is 13.7. The monoisotopic (exact) mass is 1020 g/mol. The van der Waals surface area contributed by atoms with Crippen molar-refractivity contribution in [2.45, 2.75) is 322 Å². The molecule has 0 aromatic rings. The van der Waals surface area contributed by atoms with Gasteiger partial charge in [0.25, 0.3) is 0 Å². The lowest BCUT2D eigenvalue weighted by Gasteiger charge is -2.18. The van der Waals surface area contributed by atoms with Gasteiger partial charge in [0.15, 0.2) is 6.10 Å². The van der Waals surface area contributed by atoms with Gasteiger partial charge in [0.1, 0.15) is 13.2 Å². The van der Waals surface area contributed by atoms with Crippen LogP contribution in [0.3, 0.4) is 0 Å². The molecule has 0 amide bonds. The zero-order valence-electron chi connectivity index (χ0n) is 48.4. The lowest BCUT2D eigenvalue weighted by molar-refractivity contribution is -0.167. The second-order valence-corrected chi connectivity index (χ2v) is 20.9. The molecule has 0 rings (SSSR count). The zero-order valence-corrected chi connectivity index (χ0v) is 48.4. The lowest BCUT2D eigenvalue weighted by Crippen LogP contribution is -2.30. The van der Waals surface area contributed by atoms with E-state index in [1.807, 2.05) is 0 Å². The van der Waals surface area contributed by atoms with Crippen molar-refractivity contribution in [1.29, 1.82) is 0 Å². The Kier molecular flexibility index (Phi) is 58.7. The molecule has 0 heterocycles. The first kappa shape index (κ1) is 69.8. The molecule has 6 nitrogen and oxygen atoms in total. The molecule has 0 aliphatic heterocycles. The van der Waals surface area contributed by atoms with Crippen LogP contribution in [0.2, 0.25) is 0 Å². The van der Waals surface area contributed by atoms with Gasteiger partial charge in [-0.2, -0.15) is 0 Å². The van der Waals surface area contributed by atoms with Gasteiger partial charge in [0.2, 0.25) is 0 Å². The molecule has 0 aromatic heterocycles. The highest BCUT2D eigenvalue weighted by atomic mass is 16.6. The van der Waals surface area contributed by atoms with Crippen LogP contribution in [-0.2, 0) is 28.6 Å². The topological polar surface area (TPSA) is 78.9 Å². The van der Waals surface area contributed by atoms with Crippen molar-refractivity contribution in [3.63, 3.8) is 0 Å². The maximum Gasteiger partial charge on any atom is 0.306 e. The minimum absolute atomic E-state index is 0.0828. The number of hydrogen-bond acceptors (Lipinski definition) is 6. The number of carbonyl (C=O) groups excluding carboxylic acids is 3. The van der Waals surface area contributed by atoms with Crippen LogP contribution in [0.5, 0.6) is 0 Å². The van der Waals surface area contributed by atoms with Gasteiger partial charge in [-0.25, -0.2) is 0 Å². The summed E-state index contributed by atoms with van der Waals surface area (Å²) in [5, 5.41) is 0. The Bertz CT molecular complexity index is 1360. The van der Waals surface area contributed by atoms with Gasteiger partial charge in [-0.1, -0.05) is 261 Å². The van der Waals surface area contributed by atoms with Crippen molar-refractivity contribution in [3.05, 3.63) is 72.9 Å². The average Bonchev–Trinajstić information content (AvgIpc) is 3.39. The van der Waals surface area contributed by atoms with Crippen molar-refractivity contribution in [2.75, 3.05) is 13.2 Å². The SMILES string of the molecule is CC/C=C\C/C=C\C/C=C\C/C=C\CCCCCCCCC(=O)OCC(COC(=O)CCCCCCCCC/C=C\CCCCCCCCC)OC(=O)CCCCCCCCC/C=C\CCCCCCCCC. The number of allylic oxidation sites excluding steroid dienone is 12. The van der Waals surface area contributed by atoms with Gasteiger partial charge in [-0.15, -0.1) is 0 Å². The highest BCUT2D eigenvalue weighted by Crippen LogP contribution is 2.16. The summed E-state index contributed by atoms with van der Waals surface area (Å²) in [5.74, 6) is -0.892. The molecule has 0 fully saturated rings. The second kappa shape index (κ2) is 61.4. The number of hydrogen-bond donors (Lipinski definition) is 0. The molecule has 0 aliphatic rings. The Morgan fingerprint density at radius 2 is 0.534 bits per heavy atom. The Morgan fingerprint density at radius 3 is 0.849 bits per heavy atom. The predicted molar refractivity (Wildman–Crippen MR) is 316 cm³/mol. The number of esters is 3. The molecule has 1 atom stereocenters. The van der Waals surface area contributed by atoms with Crippen LogP contribution in [0.15, 0.2) is 72.9 Å². The van der Waals surface area contributed by atoms with E-state index in [0.29, 0.717) is 19.3 Å². The summed E-state index contributed by atoms with van der Waals surface area (Å²) < 4.78 is 16.9. The molecule has 1 unspecified atom stereocenters. The summed E-state index contributed by atoms with van der Waals surface area (Å²) in [7, 11) is 0. The van der Waals surface area contributed by atoms with E-state index in [9.17, 15) is 14.4 Å². The lowest BCUT2D eigenvalue weighted by atomic mass is 10.1. The van der Waals surface area contributed by atoms with E-state index in [0.717, 1.165) is 89.9 Å². The van der Waals surface area contributed by atoms with Crippen molar-refractivity contribution in [2.24, 2.45) is 0 Å². The molecule has 73 heavy (non-hydrogen) atoms. The fourth-order valence-corrected chi connectivity index (χ4v) is 8.95. The Morgan fingerprint density at radius 1 is 0.288 bits per heavy atom. The van der Waals surface area contributed by atoms with Gasteiger partial charge in [0.05, 0.1) is 0 Å². The Labute approximate surface area is 453 Å². The van der Waals surface area contributed by atoms with Crippen molar-refractivity contribution < 1.29 is 28.6 Å². The molecule has 422 valence electrons. The Balaban J connectivity index is 4.41. The van der Waals surface area contributed by atoms with Crippen LogP contribution in [0.25, 0.3) is 0 Å². The van der Waals surface area contributed by atoms with E-state index in [2.05, 4.69) is 93.7 Å². The predicted octanol–water partition coefficient (Wildman–Crippen LogP) is 21.3. The van der Waals surface area contributed by atoms with E-state index in [1.165, 1.54) is 186 Å². The first-order valence-corrected chi connectivity index (χ1v) is 31.4. The van der Waals surface area contributed by atoms with Crippen LogP contribution in [0, 0.1) is 0 Å². The average molecular weight is 1020 g/mol. The normalized spacial score (nSPS) is 12.5. The number of unbranched alkanes of at least 4 members (excludes halogenated alkanes) is 34. The second-order valence-electron chi connectivity index (χ2n) is 20.9. The molecule has 0 N–H and O–H groups in total. The summed E-state index contributed by atoms with van der Waals surface area (Å²) in [4.78, 5) is 38.3.